The summed E-state index contributed by atoms with van der Waals surface area (Å²) in [6.45, 7) is 8.90. The first kappa shape index (κ1) is 27.1. The van der Waals surface area contributed by atoms with Crippen LogP contribution in [0.25, 0.3) is 11.1 Å². The number of hydrogen-bond acceptors (Lipinski definition) is 10. The van der Waals surface area contributed by atoms with Gasteiger partial charge in [-0.15, -0.1) is 0 Å². The predicted molar refractivity (Wildman–Crippen MR) is 151 cm³/mol. The molecule has 0 atom stereocenters. The average Bonchev–Trinajstić information content (AvgIpc) is 2.96. The van der Waals surface area contributed by atoms with Crippen LogP contribution >= 0.6 is 0 Å². The second-order valence-corrected chi connectivity index (χ2v) is 10.0. The number of aliphatic hydroxyl groups is 1. The van der Waals surface area contributed by atoms with Crippen LogP contribution in [0.3, 0.4) is 0 Å². The van der Waals surface area contributed by atoms with Crippen molar-refractivity contribution in [3.8, 4) is 11.1 Å². The number of aliphatic hydroxyl groups excluding tert-OH is 1. The number of rotatable bonds is 9. The molecule has 3 aromatic rings. The van der Waals surface area contributed by atoms with Gasteiger partial charge in [0.05, 0.1) is 24.7 Å². The fraction of sp³-hybridized carbons (Fsp3) is 0.429. The minimum atomic E-state index is -0.468. The van der Waals surface area contributed by atoms with E-state index in [2.05, 4.69) is 71.5 Å². The van der Waals surface area contributed by atoms with Gasteiger partial charge < -0.3 is 14.9 Å². The molecule has 206 valence electrons. The molecule has 2 aromatic heterocycles. The lowest BCUT2D eigenvalue weighted by atomic mass is 10.0. The SMILES string of the molecule is CN1CCN(Cc2ccc(-c3ccnc(/C=N/Nc4ncc(F)c(N5CCN(CCO)CC5)n4)c3)cc2)CC1. The number of nitrogens with one attached hydrogen (secondary N) is 1. The summed E-state index contributed by atoms with van der Waals surface area (Å²) in [7, 11) is 2.17. The highest BCUT2D eigenvalue weighted by molar-refractivity contribution is 5.80. The number of piperazine rings is 2. The first-order chi connectivity index (χ1) is 19.1. The van der Waals surface area contributed by atoms with Gasteiger partial charge in [-0.1, -0.05) is 24.3 Å². The third-order valence-electron chi connectivity index (χ3n) is 7.25. The quantitative estimate of drug-likeness (QED) is 0.316. The molecule has 1 aromatic carbocycles. The smallest absolute Gasteiger partial charge is 0.245 e. The van der Waals surface area contributed by atoms with Crippen molar-refractivity contribution in [3.05, 3.63) is 65.9 Å². The van der Waals surface area contributed by atoms with E-state index in [1.807, 2.05) is 17.0 Å². The van der Waals surface area contributed by atoms with Gasteiger partial charge in [0.25, 0.3) is 0 Å². The molecule has 39 heavy (non-hydrogen) atoms. The van der Waals surface area contributed by atoms with Crippen LogP contribution in [-0.2, 0) is 6.54 Å². The van der Waals surface area contributed by atoms with Crippen molar-refractivity contribution in [2.24, 2.45) is 5.10 Å². The summed E-state index contributed by atoms with van der Waals surface area (Å²) in [5.41, 5.74) is 6.97. The van der Waals surface area contributed by atoms with Gasteiger partial charge in [-0.3, -0.25) is 14.8 Å². The fourth-order valence-electron chi connectivity index (χ4n) is 4.88. The molecule has 11 heteroatoms. The van der Waals surface area contributed by atoms with Gasteiger partial charge in [-0.25, -0.2) is 14.8 Å². The van der Waals surface area contributed by atoms with Crippen molar-refractivity contribution in [1.82, 2.24) is 29.7 Å². The Morgan fingerprint density at radius 3 is 2.44 bits per heavy atom. The summed E-state index contributed by atoms with van der Waals surface area (Å²) >= 11 is 0. The zero-order chi connectivity index (χ0) is 27.0. The van der Waals surface area contributed by atoms with Gasteiger partial charge >= 0.3 is 0 Å². The van der Waals surface area contributed by atoms with E-state index >= 15 is 0 Å². The van der Waals surface area contributed by atoms with Gasteiger partial charge in [-0.05, 0) is 35.9 Å². The third kappa shape index (κ3) is 7.33. The van der Waals surface area contributed by atoms with E-state index in [1.54, 1.807) is 12.4 Å². The summed E-state index contributed by atoms with van der Waals surface area (Å²) in [5, 5.41) is 13.4. The van der Waals surface area contributed by atoms with Crippen molar-refractivity contribution < 1.29 is 9.50 Å². The molecular weight excluding hydrogens is 497 g/mol. The van der Waals surface area contributed by atoms with E-state index in [0.717, 1.165) is 63.1 Å². The van der Waals surface area contributed by atoms with E-state index in [4.69, 9.17) is 5.11 Å². The van der Waals surface area contributed by atoms with E-state index < -0.39 is 5.82 Å². The Morgan fingerprint density at radius 2 is 1.69 bits per heavy atom. The molecule has 0 unspecified atom stereocenters. The van der Waals surface area contributed by atoms with Crippen molar-refractivity contribution in [3.63, 3.8) is 0 Å². The van der Waals surface area contributed by atoms with Crippen LogP contribution in [-0.4, -0.2) is 114 Å². The van der Waals surface area contributed by atoms with Gasteiger partial charge in [0.2, 0.25) is 5.95 Å². The molecule has 2 N–H and O–H groups in total. The number of halogens is 1. The molecule has 0 saturated carbocycles. The maximum Gasteiger partial charge on any atom is 0.245 e. The normalized spacial score (nSPS) is 17.7. The number of β-amino-alcohol motifs (C(OH)–C–C–N with tert-alkyl or cyclic N) is 1. The Kier molecular flexibility index (Phi) is 9.04. The van der Waals surface area contributed by atoms with E-state index in [-0.39, 0.29) is 18.4 Å². The average molecular weight is 534 g/mol. The number of nitrogens with zero attached hydrogens (tertiary/aromatic N) is 8. The van der Waals surface area contributed by atoms with Gasteiger partial charge in [0, 0.05) is 71.6 Å². The topological polar surface area (TPSA) is 96.2 Å². The first-order valence-electron chi connectivity index (χ1n) is 13.4. The zero-order valence-electron chi connectivity index (χ0n) is 22.4. The summed E-state index contributed by atoms with van der Waals surface area (Å²) in [4.78, 5) is 21.6. The molecule has 0 amide bonds. The fourth-order valence-corrected chi connectivity index (χ4v) is 4.88. The number of anilines is 2. The monoisotopic (exact) mass is 533 g/mol. The molecule has 5 rings (SSSR count). The number of likely N-dealkylation sites (N-methyl/N-ethyl adjacent to an activating group) is 1. The van der Waals surface area contributed by atoms with Crippen LogP contribution < -0.4 is 10.3 Å². The molecule has 2 fully saturated rings. The highest BCUT2D eigenvalue weighted by atomic mass is 19.1. The van der Waals surface area contributed by atoms with Crippen LogP contribution in [0.5, 0.6) is 0 Å². The lowest BCUT2D eigenvalue weighted by Gasteiger charge is -2.35. The summed E-state index contributed by atoms with van der Waals surface area (Å²) in [5.74, 6) is -0.000807. The van der Waals surface area contributed by atoms with Crippen molar-refractivity contribution in [2.75, 3.05) is 82.9 Å². The van der Waals surface area contributed by atoms with E-state index in [9.17, 15) is 4.39 Å². The molecule has 2 aliphatic heterocycles. The Morgan fingerprint density at radius 1 is 0.949 bits per heavy atom. The molecule has 2 saturated heterocycles. The van der Waals surface area contributed by atoms with Crippen LogP contribution in [0.1, 0.15) is 11.3 Å². The highest BCUT2D eigenvalue weighted by Gasteiger charge is 2.21. The van der Waals surface area contributed by atoms with Crippen LogP contribution in [0, 0.1) is 5.82 Å². The molecule has 2 aliphatic rings. The lowest BCUT2D eigenvalue weighted by molar-refractivity contribution is 0.148. The number of pyridine rings is 1. The van der Waals surface area contributed by atoms with E-state index in [0.29, 0.717) is 25.3 Å². The molecule has 0 bridgehead atoms. The largest absolute Gasteiger partial charge is 0.395 e. The number of hydrogen-bond donors (Lipinski definition) is 2. The Labute approximate surface area is 228 Å². The van der Waals surface area contributed by atoms with Crippen LogP contribution in [0.4, 0.5) is 16.2 Å². The van der Waals surface area contributed by atoms with Crippen molar-refractivity contribution in [1.29, 1.82) is 0 Å². The summed E-state index contributed by atoms with van der Waals surface area (Å²) in [6, 6.07) is 12.6. The third-order valence-corrected chi connectivity index (χ3v) is 7.25. The first-order valence-corrected chi connectivity index (χ1v) is 13.4. The molecule has 0 radical (unpaired) electrons. The molecule has 10 nitrogen and oxygen atoms in total. The predicted octanol–water partition coefficient (Wildman–Crippen LogP) is 1.99. The van der Waals surface area contributed by atoms with Crippen LogP contribution in [0.15, 0.2) is 53.9 Å². The molecular formula is C28H36FN9O. The molecule has 0 spiro atoms. The van der Waals surface area contributed by atoms with Crippen molar-refractivity contribution >= 4 is 18.0 Å². The Hall–Kier alpha value is -3.51. The highest BCUT2D eigenvalue weighted by Crippen LogP contribution is 2.21. The van der Waals surface area contributed by atoms with Crippen molar-refractivity contribution in [2.45, 2.75) is 6.54 Å². The molecule has 0 aliphatic carbocycles. The van der Waals surface area contributed by atoms with Gasteiger partial charge in [0.1, 0.15) is 0 Å². The number of aromatic nitrogens is 3. The van der Waals surface area contributed by atoms with Crippen LogP contribution in [0.2, 0.25) is 0 Å². The second kappa shape index (κ2) is 13.0. The Bertz CT molecular complexity index is 1240. The maximum absolute atomic E-state index is 14.4. The minimum Gasteiger partial charge on any atom is -0.395 e. The van der Waals surface area contributed by atoms with Gasteiger partial charge in [0.15, 0.2) is 11.6 Å². The maximum atomic E-state index is 14.4. The molecule has 4 heterocycles. The zero-order valence-corrected chi connectivity index (χ0v) is 22.4. The Balaban J connectivity index is 1.18. The standard InChI is InChI=1S/C28H36FN9O/c1-35-8-10-37(11-9-35)21-22-2-4-23(5-3-22)24-6-7-30-25(18-24)19-32-34-28-31-20-26(29)27(33-28)38-14-12-36(13-15-38)16-17-39/h2-7,18-20,39H,8-17,21H2,1H3,(H,31,33,34)/b32-19+. The summed E-state index contributed by atoms with van der Waals surface area (Å²) < 4.78 is 14.4. The van der Waals surface area contributed by atoms with Gasteiger partial charge in [-0.2, -0.15) is 10.1 Å². The lowest BCUT2D eigenvalue weighted by Crippen LogP contribution is -2.47. The number of benzene rings is 1. The second-order valence-electron chi connectivity index (χ2n) is 10.0. The number of hydrazone groups is 1. The minimum absolute atomic E-state index is 0.120. The van der Waals surface area contributed by atoms with E-state index in [1.165, 1.54) is 5.56 Å². The summed E-state index contributed by atoms with van der Waals surface area (Å²) in [6.07, 6.45) is 4.52.